The molecule has 0 bridgehead atoms. The second-order valence-electron chi connectivity index (χ2n) is 4.35. The summed E-state index contributed by atoms with van der Waals surface area (Å²) in [7, 11) is 0. The largest absolute Gasteiger partial charge is 0.366 e. The fourth-order valence-electron chi connectivity index (χ4n) is 1.69. The summed E-state index contributed by atoms with van der Waals surface area (Å²) in [5.74, 6) is -1.58. The number of rotatable bonds is 5. The molecule has 1 aromatic rings. The van der Waals surface area contributed by atoms with Gasteiger partial charge in [-0.15, -0.1) is 0 Å². The minimum atomic E-state index is -0.874. The van der Waals surface area contributed by atoms with Gasteiger partial charge in [0.25, 0.3) is 5.91 Å². The summed E-state index contributed by atoms with van der Waals surface area (Å²) >= 11 is 0. The van der Waals surface area contributed by atoms with E-state index in [1.807, 2.05) is 13.8 Å². The minimum Gasteiger partial charge on any atom is -0.366 e. The molecular weight excluding hydrogens is 249 g/mol. The van der Waals surface area contributed by atoms with Gasteiger partial charge in [-0.05, 0) is 31.5 Å². The molecule has 0 aliphatic heterocycles. The predicted octanol–water partition coefficient (Wildman–Crippen LogP) is 2.23. The van der Waals surface area contributed by atoms with Gasteiger partial charge in [-0.2, -0.15) is 0 Å². The molecule has 0 saturated carbocycles. The highest BCUT2D eigenvalue weighted by Crippen LogP contribution is 2.14. The number of primary amides is 1. The average Bonchev–Trinajstić information content (AvgIpc) is 2.31. The number of benzene rings is 1. The van der Waals surface area contributed by atoms with E-state index in [2.05, 4.69) is 10.6 Å². The van der Waals surface area contributed by atoms with Crippen LogP contribution >= 0.6 is 0 Å². The van der Waals surface area contributed by atoms with Crippen molar-refractivity contribution in [1.82, 2.24) is 5.32 Å². The van der Waals surface area contributed by atoms with Gasteiger partial charge in [0, 0.05) is 11.7 Å². The number of nitrogens with one attached hydrogen (secondary N) is 2. The van der Waals surface area contributed by atoms with E-state index in [-0.39, 0.29) is 11.6 Å². The Morgan fingerprint density at radius 3 is 2.68 bits per heavy atom. The predicted molar refractivity (Wildman–Crippen MR) is 71.4 cm³/mol. The van der Waals surface area contributed by atoms with E-state index < -0.39 is 17.8 Å². The van der Waals surface area contributed by atoms with Crippen molar-refractivity contribution in [3.63, 3.8) is 0 Å². The van der Waals surface area contributed by atoms with Crippen molar-refractivity contribution in [2.75, 3.05) is 5.32 Å². The first-order valence-corrected chi connectivity index (χ1v) is 6.11. The van der Waals surface area contributed by atoms with Crippen LogP contribution in [0.25, 0.3) is 0 Å². The van der Waals surface area contributed by atoms with Crippen molar-refractivity contribution in [3.8, 4) is 0 Å². The zero-order valence-electron chi connectivity index (χ0n) is 11.0. The van der Waals surface area contributed by atoms with Gasteiger partial charge in [0.15, 0.2) is 0 Å². The molecule has 104 valence electrons. The van der Waals surface area contributed by atoms with Crippen molar-refractivity contribution in [3.05, 3.63) is 29.6 Å². The Morgan fingerprint density at radius 1 is 1.42 bits per heavy atom. The zero-order valence-corrected chi connectivity index (χ0v) is 11.0. The van der Waals surface area contributed by atoms with E-state index in [1.165, 1.54) is 12.1 Å². The van der Waals surface area contributed by atoms with Crippen LogP contribution in [0.2, 0.25) is 0 Å². The van der Waals surface area contributed by atoms with Gasteiger partial charge in [-0.1, -0.05) is 13.3 Å². The van der Waals surface area contributed by atoms with Crippen molar-refractivity contribution < 1.29 is 14.0 Å². The van der Waals surface area contributed by atoms with Gasteiger partial charge in [-0.25, -0.2) is 9.18 Å². The highest BCUT2D eigenvalue weighted by Gasteiger charge is 2.11. The van der Waals surface area contributed by atoms with Gasteiger partial charge >= 0.3 is 6.03 Å². The molecule has 0 aliphatic rings. The Labute approximate surface area is 111 Å². The molecule has 0 heterocycles. The summed E-state index contributed by atoms with van der Waals surface area (Å²) in [5, 5.41) is 5.26. The highest BCUT2D eigenvalue weighted by atomic mass is 19.1. The van der Waals surface area contributed by atoms with E-state index in [4.69, 9.17) is 5.73 Å². The first-order chi connectivity index (χ1) is 8.93. The third-order valence-corrected chi connectivity index (χ3v) is 2.59. The van der Waals surface area contributed by atoms with Crippen LogP contribution in [0.4, 0.5) is 14.9 Å². The van der Waals surface area contributed by atoms with Crippen LogP contribution in [-0.4, -0.2) is 18.0 Å². The zero-order chi connectivity index (χ0) is 14.4. The maximum absolute atomic E-state index is 13.2. The van der Waals surface area contributed by atoms with Gasteiger partial charge < -0.3 is 16.4 Å². The summed E-state index contributed by atoms with van der Waals surface area (Å²) in [6.07, 6.45) is 1.83. The van der Waals surface area contributed by atoms with Crippen LogP contribution in [-0.2, 0) is 0 Å². The van der Waals surface area contributed by atoms with Crippen LogP contribution < -0.4 is 16.4 Å². The van der Waals surface area contributed by atoms with Gasteiger partial charge in [0.2, 0.25) is 0 Å². The third kappa shape index (κ3) is 4.57. The van der Waals surface area contributed by atoms with E-state index in [9.17, 15) is 14.0 Å². The van der Waals surface area contributed by atoms with Crippen molar-refractivity contribution in [2.45, 2.75) is 32.7 Å². The number of carbonyl (C=O) groups is 2. The lowest BCUT2D eigenvalue weighted by atomic mass is 10.2. The second-order valence-corrected chi connectivity index (χ2v) is 4.35. The molecule has 19 heavy (non-hydrogen) atoms. The molecule has 0 radical (unpaired) electrons. The average molecular weight is 267 g/mol. The molecular formula is C13H18FN3O2. The Morgan fingerprint density at radius 2 is 2.11 bits per heavy atom. The number of halogens is 1. The number of carbonyl (C=O) groups excluding carboxylic acids is 2. The molecule has 1 rings (SSSR count). The van der Waals surface area contributed by atoms with Crippen LogP contribution in [0, 0.1) is 5.82 Å². The van der Waals surface area contributed by atoms with E-state index in [1.54, 1.807) is 0 Å². The van der Waals surface area contributed by atoms with Gasteiger partial charge in [0.05, 0.1) is 5.56 Å². The van der Waals surface area contributed by atoms with Gasteiger partial charge in [0.1, 0.15) is 5.82 Å². The molecule has 6 heteroatoms. The highest BCUT2D eigenvalue weighted by molar-refractivity contribution is 5.96. The van der Waals surface area contributed by atoms with Crippen LogP contribution in [0.5, 0.6) is 0 Å². The molecule has 0 unspecified atom stereocenters. The molecule has 5 nitrogen and oxygen atoms in total. The maximum Gasteiger partial charge on any atom is 0.319 e. The standard InChI is InChI=1S/C13H18FN3O2/c1-3-4-8(2)16-13(19)17-9-5-6-11(14)10(7-9)12(15)18/h5-8H,3-4H2,1-2H3,(H2,15,18)(H2,16,17,19)/t8-/m0/s1. The monoisotopic (exact) mass is 267 g/mol. The molecule has 3 amide bonds. The Balaban J connectivity index is 2.69. The number of anilines is 1. The van der Waals surface area contributed by atoms with E-state index >= 15 is 0 Å². The molecule has 1 atom stereocenters. The molecule has 0 saturated heterocycles. The van der Waals surface area contributed by atoms with Crippen molar-refractivity contribution >= 4 is 17.6 Å². The van der Waals surface area contributed by atoms with Crippen LogP contribution in [0.1, 0.15) is 37.0 Å². The maximum atomic E-state index is 13.2. The first-order valence-electron chi connectivity index (χ1n) is 6.11. The molecule has 0 aromatic heterocycles. The first kappa shape index (κ1) is 14.9. The van der Waals surface area contributed by atoms with Gasteiger partial charge in [-0.3, -0.25) is 4.79 Å². The normalized spacial score (nSPS) is 11.7. The Hall–Kier alpha value is -2.11. The Kier molecular flexibility index (Phi) is 5.29. The molecule has 0 spiro atoms. The fourth-order valence-corrected chi connectivity index (χ4v) is 1.69. The summed E-state index contributed by atoms with van der Waals surface area (Å²) in [4.78, 5) is 22.6. The third-order valence-electron chi connectivity index (χ3n) is 2.59. The van der Waals surface area contributed by atoms with Crippen LogP contribution in [0.3, 0.4) is 0 Å². The smallest absolute Gasteiger partial charge is 0.319 e. The number of urea groups is 1. The van der Waals surface area contributed by atoms with Crippen LogP contribution in [0.15, 0.2) is 18.2 Å². The topological polar surface area (TPSA) is 84.2 Å². The SMILES string of the molecule is CCC[C@H](C)NC(=O)Nc1ccc(F)c(C(N)=O)c1. The summed E-state index contributed by atoms with van der Waals surface area (Å²) in [6, 6.07) is 3.31. The number of hydrogen-bond donors (Lipinski definition) is 3. The summed E-state index contributed by atoms with van der Waals surface area (Å²) in [5.41, 5.74) is 5.09. The lowest BCUT2D eigenvalue weighted by Gasteiger charge is -2.14. The van der Waals surface area contributed by atoms with Crippen molar-refractivity contribution in [1.29, 1.82) is 0 Å². The minimum absolute atomic E-state index is 0.0426. The number of amides is 3. The van der Waals surface area contributed by atoms with E-state index in [0.29, 0.717) is 5.69 Å². The quantitative estimate of drug-likeness (QED) is 0.764. The molecule has 1 aromatic carbocycles. The fraction of sp³-hybridized carbons (Fsp3) is 0.385. The number of hydrogen-bond acceptors (Lipinski definition) is 2. The second kappa shape index (κ2) is 6.72. The summed E-state index contributed by atoms with van der Waals surface area (Å²) < 4.78 is 13.2. The lowest BCUT2D eigenvalue weighted by Crippen LogP contribution is -2.36. The molecule has 0 fully saturated rings. The Bertz CT molecular complexity index is 477. The summed E-state index contributed by atoms with van der Waals surface area (Å²) in [6.45, 7) is 3.91. The van der Waals surface area contributed by atoms with Crippen molar-refractivity contribution in [2.24, 2.45) is 5.73 Å². The molecule has 0 aliphatic carbocycles. The lowest BCUT2D eigenvalue weighted by molar-refractivity contribution is 0.0996. The molecule has 4 N–H and O–H groups in total. The van der Waals surface area contributed by atoms with E-state index in [0.717, 1.165) is 18.9 Å². The number of nitrogens with two attached hydrogens (primary N) is 1.